The zero-order chi connectivity index (χ0) is 31.2. The maximum absolute atomic E-state index is 10.7. The van der Waals surface area contributed by atoms with Crippen LogP contribution in [0, 0.1) is 13.8 Å². The van der Waals surface area contributed by atoms with E-state index in [2.05, 4.69) is 32.3 Å². The molecule has 2 heterocycles. The van der Waals surface area contributed by atoms with E-state index in [1.807, 2.05) is 67.7 Å². The van der Waals surface area contributed by atoms with E-state index in [-0.39, 0.29) is 48.5 Å². The van der Waals surface area contributed by atoms with Crippen LogP contribution in [0.1, 0.15) is 67.8 Å². The molecule has 13 nitrogen and oxygen atoms in total. The lowest BCUT2D eigenvalue weighted by atomic mass is 10.2. The van der Waals surface area contributed by atoms with Crippen LogP contribution in [0.2, 0.25) is 0 Å². The minimum atomic E-state index is -0.763. The number of urea groups is 1. The number of aromatic hydroxyl groups is 1. The first kappa shape index (κ1) is 52.9. The number of nitrogens with one attached hydrogen (secondary N) is 2. The second kappa shape index (κ2) is 30.7. The molecule has 0 aliphatic carbocycles. The van der Waals surface area contributed by atoms with Gasteiger partial charge in [0.15, 0.2) is 5.71 Å². The number of phenols is 1. The number of aryl methyl sites for hydroxylation is 2. The van der Waals surface area contributed by atoms with Crippen molar-refractivity contribution in [3.63, 3.8) is 0 Å². The summed E-state index contributed by atoms with van der Waals surface area (Å²) >= 11 is 0. The number of rotatable bonds is 1. The number of phenolic OH excluding ortho intramolecular Hbond substituents is 1. The molecule has 3 aromatic rings. The van der Waals surface area contributed by atoms with Crippen LogP contribution in [-0.4, -0.2) is 55.3 Å². The maximum atomic E-state index is 10.7. The van der Waals surface area contributed by atoms with Crippen molar-refractivity contribution in [3.05, 3.63) is 102 Å². The number of imide groups is 1. The molecule has 3 amide bonds. The van der Waals surface area contributed by atoms with Crippen LogP contribution >= 0.6 is 0 Å². The highest BCUT2D eigenvalue weighted by molar-refractivity contribution is 6.48. The van der Waals surface area contributed by atoms with E-state index in [9.17, 15) is 9.59 Å². The fourth-order valence-corrected chi connectivity index (χ4v) is 2.29. The molecule has 46 heavy (non-hydrogen) atoms. The fraction of sp³-hybridized carbons (Fsp3) is 0.273. The van der Waals surface area contributed by atoms with Crippen LogP contribution < -0.4 is 16.4 Å². The molecule has 1 aliphatic rings. The number of amides is 3. The lowest BCUT2D eigenvalue weighted by Crippen LogP contribution is -2.50. The molecule has 1 aromatic heterocycles. The quantitative estimate of drug-likeness (QED) is 0.0612. The molecule has 258 valence electrons. The normalized spacial score (nSPS) is 11.0. The molecular weight excluding hydrogens is 590 g/mol. The third kappa shape index (κ3) is 23.8. The van der Waals surface area contributed by atoms with Crippen LogP contribution in [0.3, 0.4) is 0 Å². The Labute approximate surface area is 274 Å². The summed E-state index contributed by atoms with van der Waals surface area (Å²) in [5, 5.41) is 45.2. The monoisotopic (exact) mass is 645 g/mol. The molecule has 8 N–H and O–H groups in total. The van der Waals surface area contributed by atoms with E-state index in [1.54, 1.807) is 38.2 Å². The van der Waals surface area contributed by atoms with Crippen LogP contribution in [0.25, 0.3) is 0 Å². The average Bonchev–Trinajstić information content (AvgIpc) is 2.94. The lowest BCUT2D eigenvalue weighted by molar-refractivity contribution is -0.114. The lowest BCUT2D eigenvalue weighted by Gasteiger charge is -2.14. The molecule has 1 saturated heterocycles. The van der Waals surface area contributed by atoms with E-state index < -0.39 is 11.9 Å². The summed E-state index contributed by atoms with van der Waals surface area (Å²) in [5.41, 5.74) is 9.50. The summed E-state index contributed by atoms with van der Waals surface area (Å²) in [7, 11) is 0. The summed E-state index contributed by atoms with van der Waals surface area (Å²) in [4.78, 5) is 25.1. The third-order valence-electron chi connectivity index (χ3n) is 4.47. The smallest absolute Gasteiger partial charge is 0.326 e. The molecule has 0 atom stereocenters. The Morgan fingerprint density at radius 3 is 1.65 bits per heavy atom. The van der Waals surface area contributed by atoms with Gasteiger partial charge in [-0.15, -0.1) is 0 Å². The highest BCUT2D eigenvalue weighted by Gasteiger charge is 2.25. The molecule has 4 rings (SSSR count). The van der Waals surface area contributed by atoms with Crippen molar-refractivity contribution in [2.45, 2.75) is 64.8 Å². The van der Waals surface area contributed by atoms with E-state index in [4.69, 9.17) is 26.5 Å². The summed E-state index contributed by atoms with van der Waals surface area (Å²) < 4.78 is 0. The van der Waals surface area contributed by atoms with Gasteiger partial charge in [0.1, 0.15) is 5.75 Å². The van der Waals surface area contributed by atoms with Gasteiger partial charge in [0.05, 0.1) is 23.3 Å². The molecule has 0 saturated carbocycles. The van der Waals surface area contributed by atoms with E-state index in [0.717, 1.165) is 16.8 Å². The van der Waals surface area contributed by atoms with E-state index in [0.29, 0.717) is 17.2 Å². The number of nitrogens with zero attached hydrogens (tertiary/aromatic N) is 4. The summed E-state index contributed by atoms with van der Waals surface area (Å²) in [6.07, 6.45) is 2.91. The van der Waals surface area contributed by atoms with Crippen molar-refractivity contribution in [1.29, 1.82) is 0 Å². The average molecular weight is 646 g/mol. The number of aromatic nitrogens is 1. The topological polar surface area (TPSA) is 215 Å². The molecule has 0 radical (unpaired) electrons. The first-order chi connectivity index (χ1) is 19.5. The van der Waals surface area contributed by atoms with E-state index in [1.165, 1.54) is 6.21 Å². The first-order valence-electron chi connectivity index (χ1n) is 11.8. The van der Waals surface area contributed by atoms with Gasteiger partial charge in [-0.2, -0.15) is 0 Å². The highest BCUT2D eigenvalue weighted by atomic mass is 16.4. The Morgan fingerprint density at radius 2 is 1.33 bits per heavy atom. The molecule has 1 aliphatic heterocycles. The Hall–Kier alpha value is -5.72. The number of carbonyl (C=O) groups is 2. The molecule has 0 unspecified atom stereocenters. The third-order valence-corrected chi connectivity index (χ3v) is 4.47. The van der Waals surface area contributed by atoms with Gasteiger partial charge in [-0.05, 0) is 63.1 Å². The molecule has 0 spiro atoms. The van der Waals surface area contributed by atoms with Crippen LogP contribution in [-0.2, 0) is 4.79 Å². The van der Waals surface area contributed by atoms with Crippen molar-refractivity contribution >= 4 is 35.3 Å². The SMILES string of the molecule is C.C.C.C.C.C=C1NC(=O)NC(=O)/C1=N/O.CC(C)=NO.Cc1ccccc1N.Cc1ccccc1O.O/N=C\c1ccccn1. The van der Waals surface area contributed by atoms with Gasteiger partial charge in [0.25, 0.3) is 5.91 Å². The predicted octanol–water partition coefficient (Wildman–Crippen LogP) is 7.37. The first-order valence-corrected chi connectivity index (χ1v) is 11.8. The van der Waals surface area contributed by atoms with Crippen molar-refractivity contribution in [3.8, 4) is 5.75 Å². The number of nitrogen functional groups attached to an aromatic ring is 1. The van der Waals surface area contributed by atoms with Crippen LogP contribution in [0.4, 0.5) is 10.5 Å². The van der Waals surface area contributed by atoms with Crippen molar-refractivity contribution in [2.24, 2.45) is 15.5 Å². The van der Waals surface area contributed by atoms with Gasteiger partial charge in [-0.25, -0.2) is 4.79 Å². The number of anilines is 1. The summed E-state index contributed by atoms with van der Waals surface area (Å²) in [5.74, 6) is -0.395. The van der Waals surface area contributed by atoms with Gasteiger partial charge < -0.3 is 31.8 Å². The Bertz CT molecular complexity index is 1230. The molecule has 1 fully saturated rings. The number of hydrogen-bond acceptors (Lipinski definition) is 11. The van der Waals surface area contributed by atoms with Crippen LogP contribution in [0.5, 0.6) is 5.75 Å². The van der Waals surface area contributed by atoms with E-state index >= 15 is 0 Å². The predicted molar refractivity (Wildman–Crippen MR) is 191 cm³/mol. The van der Waals surface area contributed by atoms with Gasteiger partial charge in [0, 0.05) is 11.9 Å². The van der Waals surface area contributed by atoms with Crippen molar-refractivity contribution < 1.29 is 30.3 Å². The fourth-order valence-electron chi connectivity index (χ4n) is 2.29. The number of pyridine rings is 1. The Morgan fingerprint density at radius 1 is 0.826 bits per heavy atom. The number of hydrogen-bond donors (Lipinski definition) is 7. The van der Waals surface area contributed by atoms with Crippen molar-refractivity contribution in [1.82, 2.24) is 15.6 Å². The Kier molecular flexibility index (Phi) is 35.3. The van der Waals surface area contributed by atoms with Gasteiger partial charge in [-0.3, -0.25) is 15.1 Å². The second-order valence-corrected chi connectivity index (χ2v) is 8.02. The minimum Gasteiger partial charge on any atom is -0.508 e. The molecule has 0 bridgehead atoms. The minimum absolute atomic E-state index is 0. The standard InChI is InChI=1S/C7H9N.C7H8O.C6H6N2O.C5H5N3O3.C3H7NO.5CH4/c2*1-6-4-2-3-5-7(6)8;9-8-5-6-3-1-2-4-7-6;1-2-3(8-11)4(9)7-5(10)6-2;1-3(2)4-5;;;;;/h2-5H,8H2,1H3;2-5,8H,1H3;1-5,9H;11H,1H2,(H2,6,7,9,10);5H,1-2H3;5*1H4/b;;8-5-;8-3+;;;;;;. The summed E-state index contributed by atoms with van der Waals surface area (Å²) in [6, 6.07) is 19.8. The molecule has 2 aromatic carbocycles. The zero-order valence-corrected chi connectivity index (χ0v) is 23.2. The number of oxime groups is 3. The number of benzene rings is 2. The van der Waals surface area contributed by atoms with Gasteiger partial charge in [0.2, 0.25) is 0 Å². The zero-order valence-electron chi connectivity index (χ0n) is 23.2. The van der Waals surface area contributed by atoms with Gasteiger partial charge in [-0.1, -0.05) is 102 Å². The van der Waals surface area contributed by atoms with Gasteiger partial charge >= 0.3 is 6.03 Å². The summed E-state index contributed by atoms with van der Waals surface area (Å²) in [6.45, 7) is 10.6. The number of para-hydroxylation sites is 2. The largest absolute Gasteiger partial charge is 0.508 e. The Balaban J connectivity index is -0.000000108. The second-order valence-electron chi connectivity index (χ2n) is 8.02. The molecule has 13 heteroatoms. The number of carbonyl (C=O) groups excluding carboxylic acids is 2. The van der Waals surface area contributed by atoms with Crippen LogP contribution in [0.15, 0.2) is 101 Å². The number of nitrogens with two attached hydrogens (primary N) is 1. The highest BCUT2D eigenvalue weighted by Crippen LogP contribution is 2.12. The maximum Gasteiger partial charge on any atom is 0.326 e. The molecular formula is C33H55N7O6. The van der Waals surface area contributed by atoms with Crippen molar-refractivity contribution in [2.75, 3.05) is 5.73 Å².